The largest absolute Gasteiger partial charge is 0.504 e. The molecule has 0 bridgehead atoms. The fourth-order valence-corrected chi connectivity index (χ4v) is 7.21. The smallest absolute Gasteiger partial charge is 0.192 e. The maximum Gasteiger partial charge on any atom is 0.192 e. The molecule has 2 aromatic rings. The first-order valence-electron chi connectivity index (χ1n) is 16.5. The van der Waals surface area contributed by atoms with Crippen LogP contribution in [0.3, 0.4) is 0 Å². The Bertz CT molecular complexity index is 1420. The van der Waals surface area contributed by atoms with E-state index in [0.717, 1.165) is 49.7 Å². The molecule has 2 aromatic carbocycles. The Morgan fingerprint density at radius 3 is 2.60 bits per heavy atom. The zero-order valence-electron chi connectivity index (χ0n) is 28.2. The number of allylic oxidation sites excluding steroid dienone is 2. The summed E-state index contributed by atoms with van der Waals surface area (Å²) in [5.41, 5.74) is 7.56. The van der Waals surface area contributed by atoms with Crippen molar-refractivity contribution in [3.8, 4) is 23.0 Å². The number of aliphatic imine (C=N–C) groups is 1. The van der Waals surface area contributed by atoms with Crippen molar-refractivity contribution in [3.63, 3.8) is 0 Å². The summed E-state index contributed by atoms with van der Waals surface area (Å²) in [5, 5.41) is 37.7. The summed E-state index contributed by atoms with van der Waals surface area (Å²) in [6.45, 7) is 0.574. The highest BCUT2D eigenvalue weighted by Crippen LogP contribution is 2.50. The standard InChI is InChI=1S/C36H52N4O7/c1-38-23-36(17-13-25(22-36)19-32(43)46-4)47-31-21-26(20-28(33(31)44)40-34(37)39-2)35(14-5-6-15-35)16-7-8-27(41)11-9-24-10-12-29(42)30(18-24)45-3/h7-8,10,12,18,20-21,25,32,38,42-44H,5-6,9,11,13-17,19,22-23H2,1-4H3,(H3,37,39,40). The Labute approximate surface area is 278 Å². The van der Waals surface area contributed by atoms with Gasteiger partial charge < -0.3 is 45.9 Å². The van der Waals surface area contributed by atoms with Crippen molar-refractivity contribution in [2.45, 2.75) is 87.9 Å². The molecule has 3 unspecified atom stereocenters. The normalized spacial score (nSPS) is 21.6. The van der Waals surface area contributed by atoms with Gasteiger partial charge in [0.2, 0.25) is 0 Å². The van der Waals surface area contributed by atoms with Gasteiger partial charge in [0.25, 0.3) is 0 Å². The first kappa shape index (κ1) is 36.0. The Morgan fingerprint density at radius 1 is 1.15 bits per heavy atom. The van der Waals surface area contributed by atoms with Gasteiger partial charge in [0.1, 0.15) is 5.60 Å². The van der Waals surface area contributed by atoms with Gasteiger partial charge in [-0.1, -0.05) is 25.0 Å². The second-order valence-corrected chi connectivity index (χ2v) is 13.0. The molecule has 7 N–H and O–H groups in total. The predicted molar refractivity (Wildman–Crippen MR) is 183 cm³/mol. The third kappa shape index (κ3) is 9.18. The Balaban J connectivity index is 1.58. The highest BCUT2D eigenvalue weighted by atomic mass is 16.6. The summed E-state index contributed by atoms with van der Waals surface area (Å²) in [5.74, 6) is 1.19. The quantitative estimate of drug-likeness (QED) is 0.0482. The zero-order valence-corrected chi connectivity index (χ0v) is 28.2. The molecule has 0 radical (unpaired) electrons. The summed E-state index contributed by atoms with van der Waals surface area (Å²) >= 11 is 0. The molecule has 258 valence electrons. The number of carbonyl (C=O) groups is 1. The number of phenols is 2. The number of carbonyl (C=O) groups excluding carboxylic acids is 1. The lowest BCUT2D eigenvalue weighted by atomic mass is 9.75. The number of benzene rings is 2. The van der Waals surface area contributed by atoms with Crippen LogP contribution in [-0.2, 0) is 21.4 Å². The van der Waals surface area contributed by atoms with Crippen molar-refractivity contribution < 1.29 is 34.3 Å². The lowest BCUT2D eigenvalue weighted by molar-refractivity contribution is -0.114. The highest BCUT2D eigenvalue weighted by molar-refractivity contribution is 5.94. The fraction of sp³-hybridized carbons (Fsp3) is 0.556. The molecule has 0 heterocycles. The third-order valence-corrected chi connectivity index (χ3v) is 9.77. The fourth-order valence-electron chi connectivity index (χ4n) is 7.21. The minimum Gasteiger partial charge on any atom is -0.504 e. The number of aliphatic hydroxyl groups excluding tert-OH is 1. The number of ether oxygens (including phenoxy) is 3. The van der Waals surface area contributed by atoms with E-state index >= 15 is 0 Å². The molecule has 4 rings (SSSR count). The van der Waals surface area contributed by atoms with Crippen molar-refractivity contribution in [1.29, 1.82) is 0 Å². The summed E-state index contributed by atoms with van der Waals surface area (Å²) in [4.78, 5) is 16.9. The number of nitrogens with zero attached hydrogens (tertiary/aromatic N) is 1. The van der Waals surface area contributed by atoms with Gasteiger partial charge in [0.05, 0.1) is 12.8 Å². The van der Waals surface area contributed by atoms with E-state index in [9.17, 15) is 20.1 Å². The maximum atomic E-state index is 12.9. The van der Waals surface area contributed by atoms with E-state index in [0.29, 0.717) is 55.8 Å². The molecule has 11 nitrogen and oxygen atoms in total. The van der Waals surface area contributed by atoms with Crippen molar-refractivity contribution >= 4 is 17.4 Å². The summed E-state index contributed by atoms with van der Waals surface area (Å²) in [7, 11) is 6.46. The third-order valence-electron chi connectivity index (χ3n) is 9.77. The number of aryl methyl sites for hydroxylation is 1. The minimum absolute atomic E-state index is 0.0255. The van der Waals surface area contributed by atoms with E-state index in [1.54, 1.807) is 31.3 Å². The van der Waals surface area contributed by atoms with Gasteiger partial charge in [-0.05, 0) is 105 Å². The lowest BCUT2D eigenvalue weighted by Gasteiger charge is -2.34. The molecule has 2 fully saturated rings. The number of rotatable bonds is 16. The molecule has 47 heavy (non-hydrogen) atoms. The second-order valence-electron chi connectivity index (χ2n) is 13.0. The molecule has 0 saturated heterocycles. The molecule has 2 saturated carbocycles. The zero-order chi connectivity index (χ0) is 34.0. The van der Waals surface area contributed by atoms with E-state index in [4.69, 9.17) is 19.9 Å². The summed E-state index contributed by atoms with van der Waals surface area (Å²) in [6, 6.07) is 9.00. The second kappa shape index (κ2) is 16.3. The van der Waals surface area contributed by atoms with Crippen LogP contribution in [0.5, 0.6) is 23.0 Å². The van der Waals surface area contributed by atoms with E-state index in [1.807, 2.05) is 25.3 Å². The number of aromatic hydroxyl groups is 2. The SMILES string of the molecule is CN=C(N)Nc1cc(C2(CC=CC(=O)CCc3ccc(O)c(OC)c3)CCCC2)cc(OC2(CNC)CCC(CC(O)OC)C2)c1O. The van der Waals surface area contributed by atoms with Gasteiger partial charge in [-0.3, -0.25) is 9.79 Å². The monoisotopic (exact) mass is 652 g/mol. The van der Waals surface area contributed by atoms with Crippen LogP contribution in [0.4, 0.5) is 5.69 Å². The Morgan fingerprint density at radius 2 is 1.91 bits per heavy atom. The summed E-state index contributed by atoms with van der Waals surface area (Å²) in [6.07, 6.45) is 11.2. The average Bonchev–Trinajstić information content (AvgIpc) is 3.70. The van der Waals surface area contributed by atoms with Gasteiger partial charge in [-0.15, -0.1) is 0 Å². The van der Waals surface area contributed by atoms with E-state index in [2.05, 4.69) is 15.6 Å². The topological polar surface area (TPSA) is 168 Å². The molecule has 2 aliphatic rings. The molecule has 0 amide bonds. The molecule has 0 spiro atoms. The van der Waals surface area contributed by atoms with Crippen molar-refractivity contribution in [3.05, 3.63) is 53.6 Å². The van der Waals surface area contributed by atoms with Gasteiger partial charge in [-0.2, -0.15) is 0 Å². The van der Waals surface area contributed by atoms with Crippen LogP contribution in [-0.4, -0.2) is 73.8 Å². The van der Waals surface area contributed by atoms with Gasteiger partial charge in [0.15, 0.2) is 41.0 Å². The molecular weight excluding hydrogens is 600 g/mol. The molecule has 0 aliphatic heterocycles. The van der Waals surface area contributed by atoms with E-state index < -0.39 is 11.9 Å². The lowest BCUT2D eigenvalue weighted by Crippen LogP contribution is -2.43. The van der Waals surface area contributed by atoms with E-state index in [-0.39, 0.29) is 34.6 Å². The minimum atomic E-state index is -0.826. The number of hydrogen-bond donors (Lipinski definition) is 6. The molecule has 11 heteroatoms. The van der Waals surface area contributed by atoms with Crippen molar-refractivity contribution in [2.24, 2.45) is 16.6 Å². The average molecular weight is 653 g/mol. The van der Waals surface area contributed by atoms with Crippen LogP contribution in [0, 0.1) is 5.92 Å². The number of aliphatic hydroxyl groups is 1. The van der Waals surface area contributed by atoms with Crippen molar-refractivity contribution in [1.82, 2.24) is 5.32 Å². The maximum absolute atomic E-state index is 12.9. The number of anilines is 1. The van der Waals surface area contributed by atoms with Gasteiger partial charge in [0, 0.05) is 33.5 Å². The summed E-state index contributed by atoms with van der Waals surface area (Å²) < 4.78 is 17.1. The first-order chi connectivity index (χ1) is 22.6. The number of ketones is 1. The number of likely N-dealkylation sites (N-methyl/N-ethyl adjacent to an activating group) is 1. The predicted octanol–water partition coefficient (Wildman–Crippen LogP) is 4.91. The van der Waals surface area contributed by atoms with Crippen LogP contribution in [0.15, 0.2) is 47.5 Å². The van der Waals surface area contributed by atoms with Crippen LogP contribution >= 0.6 is 0 Å². The molecule has 3 atom stereocenters. The Kier molecular flexibility index (Phi) is 12.5. The van der Waals surface area contributed by atoms with Gasteiger partial charge in [-0.25, -0.2) is 0 Å². The van der Waals surface area contributed by atoms with Gasteiger partial charge >= 0.3 is 0 Å². The van der Waals surface area contributed by atoms with E-state index in [1.165, 1.54) is 14.2 Å². The number of methoxy groups -OCH3 is 2. The molecular formula is C36H52N4O7. The number of phenolic OH excluding ortho intramolecular Hbond substituents is 2. The van der Waals surface area contributed by atoms with Crippen LogP contribution in [0.25, 0.3) is 0 Å². The number of guanidine groups is 1. The number of nitrogens with one attached hydrogen (secondary N) is 2. The van der Waals surface area contributed by atoms with Crippen molar-refractivity contribution in [2.75, 3.05) is 40.2 Å². The Hall–Kier alpha value is -3.80. The number of hydrogen-bond acceptors (Lipinski definition) is 9. The molecule has 2 aliphatic carbocycles. The van der Waals surface area contributed by atoms with Crippen LogP contribution in [0.2, 0.25) is 0 Å². The molecule has 0 aromatic heterocycles. The van der Waals surface area contributed by atoms with Crippen LogP contribution < -0.4 is 25.8 Å². The van der Waals surface area contributed by atoms with Crippen LogP contribution in [0.1, 0.15) is 75.3 Å². The number of nitrogens with two attached hydrogens (primary N) is 1. The first-order valence-corrected chi connectivity index (χ1v) is 16.5. The highest BCUT2D eigenvalue weighted by Gasteiger charge is 2.43.